The highest BCUT2D eigenvalue weighted by Crippen LogP contribution is 2.30. The van der Waals surface area contributed by atoms with E-state index >= 15 is 0 Å². The van der Waals surface area contributed by atoms with Crippen molar-refractivity contribution in [2.24, 2.45) is 0 Å². The van der Waals surface area contributed by atoms with Gasteiger partial charge in [0.05, 0.1) is 16.4 Å². The summed E-state index contributed by atoms with van der Waals surface area (Å²) in [5, 5.41) is 8.01. The summed E-state index contributed by atoms with van der Waals surface area (Å²) in [6, 6.07) is 9.15. The second-order valence-corrected chi connectivity index (χ2v) is 6.56. The lowest BCUT2D eigenvalue weighted by molar-refractivity contribution is 0.477. The zero-order valence-corrected chi connectivity index (χ0v) is 13.5. The molecule has 0 amide bonds. The van der Waals surface area contributed by atoms with Crippen LogP contribution < -0.4 is 5.32 Å². The number of rotatable bonds is 3. The summed E-state index contributed by atoms with van der Waals surface area (Å²) in [6.45, 7) is 6.37. The smallest absolute Gasteiger partial charge is 0.0635 e. The van der Waals surface area contributed by atoms with E-state index in [1.54, 1.807) is 0 Å². The molecule has 0 fully saturated rings. The Kier molecular flexibility index (Phi) is 3.94. The van der Waals surface area contributed by atoms with Crippen LogP contribution in [0.15, 0.2) is 34.9 Å². The Morgan fingerprint density at radius 1 is 1.40 bits per heavy atom. The Morgan fingerprint density at radius 2 is 2.20 bits per heavy atom. The number of hydrogen-bond acceptors (Lipinski definition) is 2. The van der Waals surface area contributed by atoms with Gasteiger partial charge in [-0.15, -0.1) is 0 Å². The predicted molar refractivity (Wildman–Crippen MR) is 84.9 cm³/mol. The Labute approximate surface area is 128 Å². The Balaban J connectivity index is 1.91. The lowest BCUT2D eigenvalue weighted by atomic mass is 9.87. The molecule has 1 aliphatic heterocycles. The van der Waals surface area contributed by atoms with Crippen LogP contribution in [0.5, 0.6) is 0 Å². The first kappa shape index (κ1) is 13.8. The first-order valence-electron chi connectivity index (χ1n) is 7.17. The van der Waals surface area contributed by atoms with Crippen LogP contribution in [-0.4, -0.2) is 16.3 Å². The summed E-state index contributed by atoms with van der Waals surface area (Å²) in [5.74, 6) is 0.519. The summed E-state index contributed by atoms with van der Waals surface area (Å²) in [4.78, 5) is 0. The lowest BCUT2D eigenvalue weighted by Crippen LogP contribution is -2.30. The first-order chi connectivity index (χ1) is 9.66. The van der Waals surface area contributed by atoms with Gasteiger partial charge in [-0.2, -0.15) is 5.10 Å². The zero-order valence-electron chi connectivity index (χ0n) is 11.9. The molecule has 2 heterocycles. The van der Waals surface area contributed by atoms with E-state index in [-0.39, 0.29) is 0 Å². The van der Waals surface area contributed by atoms with Crippen LogP contribution >= 0.6 is 15.9 Å². The predicted octanol–water partition coefficient (Wildman–Crippen LogP) is 3.66. The number of halogens is 1. The topological polar surface area (TPSA) is 29.9 Å². The average Bonchev–Trinajstić information content (AvgIpc) is 2.81. The summed E-state index contributed by atoms with van der Waals surface area (Å²) in [7, 11) is 0. The molecule has 1 N–H and O–H groups in total. The van der Waals surface area contributed by atoms with Gasteiger partial charge in [-0.1, -0.05) is 24.3 Å². The molecule has 1 aliphatic rings. The average molecular weight is 334 g/mol. The van der Waals surface area contributed by atoms with Gasteiger partial charge in [0, 0.05) is 25.0 Å². The van der Waals surface area contributed by atoms with E-state index < -0.39 is 0 Å². The molecule has 0 bridgehead atoms. The normalized spacial score (nSPS) is 18.3. The quantitative estimate of drug-likeness (QED) is 0.928. The molecule has 0 spiro atoms. The van der Waals surface area contributed by atoms with Crippen LogP contribution in [0.2, 0.25) is 0 Å². The van der Waals surface area contributed by atoms with Crippen molar-refractivity contribution in [1.82, 2.24) is 15.1 Å². The van der Waals surface area contributed by atoms with E-state index in [1.165, 1.54) is 16.8 Å². The van der Waals surface area contributed by atoms with Crippen molar-refractivity contribution in [2.75, 3.05) is 6.54 Å². The van der Waals surface area contributed by atoms with Gasteiger partial charge in [0.2, 0.25) is 0 Å². The van der Waals surface area contributed by atoms with Crippen LogP contribution in [0.25, 0.3) is 0 Å². The Hall–Kier alpha value is -1.13. The molecular weight excluding hydrogens is 314 g/mol. The van der Waals surface area contributed by atoms with Gasteiger partial charge in [-0.3, -0.25) is 4.68 Å². The first-order valence-corrected chi connectivity index (χ1v) is 7.96. The van der Waals surface area contributed by atoms with Gasteiger partial charge in [0.1, 0.15) is 0 Å². The molecule has 0 aliphatic carbocycles. The number of hydrogen-bond donors (Lipinski definition) is 1. The minimum Gasteiger partial charge on any atom is -0.312 e. The van der Waals surface area contributed by atoms with E-state index in [0.29, 0.717) is 12.0 Å². The maximum absolute atomic E-state index is 4.49. The number of benzene rings is 1. The molecule has 1 aromatic heterocycles. The molecule has 106 valence electrons. The number of aromatic nitrogens is 2. The Bertz CT molecular complexity index is 604. The fraction of sp³-hybridized carbons (Fsp3) is 0.438. The third-order valence-electron chi connectivity index (χ3n) is 3.98. The van der Waals surface area contributed by atoms with E-state index in [1.807, 2.05) is 6.20 Å². The van der Waals surface area contributed by atoms with Crippen molar-refractivity contribution in [3.05, 3.63) is 51.8 Å². The maximum atomic E-state index is 4.49. The highest BCUT2D eigenvalue weighted by molar-refractivity contribution is 9.10. The molecule has 1 aromatic carbocycles. The van der Waals surface area contributed by atoms with Crippen LogP contribution in [0.4, 0.5) is 0 Å². The fourth-order valence-electron chi connectivity index (χ4n) is 3.00. The van der Waals surface area contributed by atoms with Gasteiger partial charge >= 0.3 is 0 Å². The van der Waals surface area contributed by atoms with Gasteiger partial charge in [0.25, 0.3) is 0 Å². The third kappa shape index (κ3) is 2.54. The SMILES string of the molecule is CC(C)n1ncc(Br)c1CC1CNCc2ccccc21. The van der Waals surface area contributed by atoms with Gasteiger partial charge < -0.3 is 5.32 Å². The number of fused-ring (bicyclic) bond motifs is 1. The molecule has 2 aromatic rings. The largest absolute Gasteiger partial charge is 0.312 e. The van der Waals surface area contributed by atoms with Crippen LogP contribution in [0, 0.1) is 0 Å². The van der Waals surface area contributed by atoms with Gasteiger partial charge in [0.15, 0.2) is 0 Å². The summed E-state index contributed by atoms with van der Waals surface area (Å²) in [6.07, 6.45) is 2.93. The van der Waals surface area contributed by atoms with Crippen molar-refractivity contribution in [1.29, 1.82) is 0 Å². The molecule has 1 atom stereocenters. The summed E-state index contributed by atoms with van der Waals surface area (Å²) < 4.78 is 3.25. The second kappa shape index (κ2) is 5.70. The lowest BCUT2D eigenvalue weighted by Gasteiger charge is -2.27. The Morgan fingerprint density at radius 3 is 3.00 bits per heavy atom. The number of nitrogens with one attached hydrogen (secondary N) is 1. The summed E-state index contributed by atoms with van der Waals surface area (Å²) >= 11 is 3.65. The van der Waals surface area contributed by atoms with E-state index in [9.17, 15) is 0 Å². The molecule has 0 saturated carbocycles. The van der Waals surface area contributed by atoms with Crippen molar-refractivity contribution in [3.63, 3.8) is 0 Å². The highest BCUT2D eigenvalue weighted by Gasteiger charge is 2.23. The van der Waals surface area contributed by atoms with Crippen molar-refractivity contribution >= 4 is 15.9 Å². The van der Waals surface area contributed by atoms with Crippen molar-refractivity contribution < 1.29 is 0 Å². The molecule has 0 saturated heterocycles. The zero-order chi connectivity index (χ0) is 14.1. The maximum Gasteiger partial charge on any atom is 0.0635 e. The second-order valence-electron chi connectivity index (χ2n) is 5.71. The van der Waals surface area contributed by atoms with E-state index in [2.05, 4.69) is 69.1 Å². The highest BCUT2D eigenvalue weighted by atomic mass is 79.9. The van der Waals surface area contributed by atoms with Crippen LogP contribution in [0.1, 0.15) is 42.6 Å². The van der Waals surface area contributed by atoms with E-state index in [4.69, 9.17) is 0 Å². The molecular formula is C16H20BrN3. The molecule has 1 unspecified atom stereocenters. The van der Waals surface area contributed by atoms with Crippen LogP contribution in [0.3, 0.4) is 0 Å². The van der Waals surface area contributed by atoms with Crippen LogP contribution in [-0.2, 0) is 13.0 Å². The molecule has 3 rings (SSSR count). The molecule has 0 radical (unpaired) electrons. The van der Waals surface area contributed by atoms with Gasteiger partial charge in [-0.05, 0) is 47.3 Å². The molecule has 4 heteroatoms. The standard InChI is InChI=1S/C16H20BrN3/c1-11(2)20-16(15(17)10-19-20)7-13-9-18-8-12-5-3-4-6-14(12)13/h3-6,10-11,13,18H,7-9H2,1-2H3. The monoisotopic (exact) mass is 333 g/mol. The van der Waals surface area contributed by atoms with Gasteiger partial charge in [-0.25, -0.2) is 0 Å². The third-order valence-corrected chi connectivity index (χ3v) is 4.64. The fourth-order valence-corrected chi connectivity index (χ4v) is 3.44. The van der Waals surface area contributed by atoms with E-state index in [0.717, 1.165) is 24.0 Å². The summed E-state index contributed by atoms with van der Waals surface area (Å²) in [5.41, 5.74) is 4.20. The minimum absolute atomic E-state index is 0.392. The van der Waals surface area contributed by atoms with Crippen molar-refractivity contribution in [3.8, 4) is 0 Å². The minimum atomic E-state index is 0.392. The molecule has 3 nitrogen and oxygen atoms in total. The number of nitrogens with zero attached hydrogens (tertiary/aromatic N) is 2. The molecule has 20 heavy (non-hydrogen) atoms. The van der Waals surface area contributed by atoms with Crippen molar-refractivity contribution in [2.45, 2.75) is 38.8 Å².